The van der Waals surface area contributed by atoms with Crippen LogP contribution in [-0.2, 0) is 0 Å². The topological polar surface area (TPSA) is 50.9 Å². The van der Waals surface area contributed by atoms with Crippen LogP contribution in [0.25, 0.3) is 10.9 Å². The third-order valence-electron chi connectivity index (χ3n) is 3.66. The number of rotatable bonds is 7. The molecule has 1 atom stereocenters. The Labute approximate surface area is 121 Å². The summed E-state index contributed by atoms with van der Waals surface area (Å²) < 4.78 is 0. The normalized spacial score (nSPS) is 12.5. The van der Waals surface area contributed by atoms with Crippen LogP contribution in [-0.4, -0.2) is 11.0 Å². The van der Waals surface area contributed by atoms with E-state index in [1.54, 1.807) is 0 Å². The minimum absolute atomic E-state index is 0.481. The second-order valence-electron chi connectivity index (χ2n) is 5.53. The maximum absolute atomic E-state index is 5.81. The number of unbranched alkanes of at least 4 members (excludes halogenated alkanes) is 3. The smallest absolute Gasteiger partial charge is 0.0743 e. The molecule has 0 aliphatic carbocycles. The molecule has 0 amide bonds. The van der Waals surface area contributed by atoms with Crippen molar-refractivity contribution in [2.75, 3.05) is 11.1 Å². The van der Waals surface area contributed by atoms with E-state index >= 15 is 0 Å². The van der Waals surface area contributed by atoms with Crippen LogP contribution in [0, 0.1) is 0 Å². The van der Waals surface area contributed by atoms with Crippen molar-refractivity contribution in [1.29, 1.82) is 0 Å². The standard InChI is InChI=1S/C17H25N3/c1-3-4-5-6-7-13(2)20-16-10-11-19-17-12-14(18)8-9-15(16)17/h8-13H,3-7,18H2,1-2H3,(H,19,20). The molecule has 0 radical (unpaired) electrons. The Morgan fingerprint density at radius 1 is 1.20 bits per heavy atom. The lowest BCUT2D eigenvalue weighted by Crippen LogP contribution is -2.15. The van der Waals surface area contributed by atoms with Crippen LogP contribution in [0.4, 0.5) is 11.4 Å². The van der Waals surface area contributed by atoms with Crippen LogP contribution >= 0.6 is 0 Å². The van der Waals surface area contributed by atoms with Gasteiger partial charge in [-0.3, -0.25) is 4.98 Å². The zero-order valence-corrected chi connectivity index (χ0v) is 12.5. The Kier molecular flexibility index (Phi) is 5.22. The average Bonchev–Trinajstić information content (AvgIpc) is 2.43. The number of hydrogen-bond acceptors (Lipinski definition) is 3. The molecule has 3 heteroatoms. The summed E-state index contributed by atoms with van der Waals surface area (Å²) in [6, 6.07) is 8.42. The quantitative estimate of drug-likeness (QED) is 0.572. The molecule has 108 valence electrons. The molecule has 0 saturated heterocycles. The largest absolute Gasteiger partial charge is 0.399 e. The molecule has 0 saturated carbocycles. The molecule has 0 aliphatic heterocycles. The Morgan fingerprint density at radius 3 is 2.85 bits per heavy atom. The second-order valence-corrected chi connectivity index (χ2v) is 5.53. The van der Waals surface area contributed by atoms with Gasteiger partial charge in [-0.25, -0.2) is 0 Å². The van der Waals surface area contributed by atoms with E-state index in [1.165, 1.54) is 32.1 Å². The van der Waals surface area contributed by atoms with Crippen molar-refractivity contribution >= 4 is 22.3 Å². The van der Waals surface area contributed by atoms with E-state index in [1.807, 2.05) is 30.5 Å². The number of aromatic nitrogens is 1. The first-order valence-corrected chi connectivity index (χ1v) is 7.61. The van der Waals surface area contributed by atoms with Crippen molar-refractivity contribution < 1.29 is 0 Å². The van der Waals surface area contributed by atoms with Gasteiger partial charge < -0.3 is 11.1 Å². The molecule has 2 aromatic rings. The van der Waals surface area contributed by atoms with Gasteiger partial charge in [-0.2, -0.15) is 0 Å². The zero-order valence-electron chi connectivity index (χ0n) is 12.5. The number of benzene rings is 1. The molecular weight excluding hydrogens is 246 g/mol. The van der Waals surface area contributed by atoms with E-state index in [2.05, 4.69) is 24.1 Å². The van der Waals surface area contributed by atoms with Crippen LogP contribution in [0.15, 0.2) is 30.5 Å². The number of nitrogens with zero attached hydrogens (tertiary/aromatic N) is 1. The van der Waals surface area contributed by atoms with Crippen LogP contribution in [0.2, 0.25) is 0 Å². The third kappa shape index (κ3) is 3.86. The average molecular weight is 271 g/mol. The van der Waals surface area contributed by atoms with Gasteiger partial charge in [0.1, 0.15) is 0 Å². The predicted molar refractivity (Wildman–Crippen MR) is 88.0 cm³/mol. The van der Waals surface area contributed by atoms with Gasteiger partial charge in [0.15, 0.2) is 0 Å². The first-order valence-electron chi connectivity index (χ1n) is 7.61. The molecule has 1 aromatic heterocycles. The molecule has 1 aromatic carbocycles. The van der Waals surface area contributed by atoms with Gasteiger partial charge >= 0.3 is 0 Å². The molecule has 1 heterocycles. The summed E-state index contributed by atoms with van der Waals surface area (Å²) in [5.74, 6) is 0. The Balaban J connectivity index is 2.02. The van der Waals surface area contributed by atoms with E-state index < -0.39 is 0 Å². The first kappa shape index (κ1) is 14.6. The Bertz CT molecular complexity index is 551. The van der Waals surface area contributed by atoms with Crippen molar-refractivity contribution in [3.05, 3.63) is 30.5 Å². The Morgan fingerprint density at radius 2 is 2.05 bits per heavy atom. The third-order valence-corrected chi connectivity index (χ3v) is 3.66. The number of fused-ring (bicyclic) bond motifs is 1. The van der Waals surface area contributed by atoms with Gasteiger partial charge in [-0.15, -0.1) is 0 Å². The van der Waals surface area contributed by atoms with Crippen LogP contribution in [0.5, 0.6) is 0 Å². The molecule has 3 nitrogen and oxygen atoms in total. The first-order chi connectivity index (χ1) is 9.70. The molecule has 3 N–H and O–H groups in total. The van der Waals surface area contributed by atoms with E-state index in [4.69, 9.17) is 5.73 Å². The summed E-state index contributed by atoms with van der Waals surface area (Å²) >= 11 is 0. The summed E-state index contributed by atoms with van der Waals surface area (Å²) in [5.41, 5.74) is 8.67. The van der Waals surface area contributed by atoms with Crippen LogP contribution in [0.3, 0.4) is 0 Å². The van der Waals surface area contributed by atoms with Gasteiger partial charge in [0.05, 0.1) is 5.52 Å². The maximum Gasteiger partial charge on any atom is 0.0743 e. The monoisotopic (exact) mass is 271 g/mol. The lowest BCUT2D eigenvalue weighted by molar-refractivity contribution is 0.594. The summed E-state index contributed by atoms with van der Waals surface area (Å²) in [4.78, 5) is 4.38. The molecule has 2 rings (SSSR count). The van der Waals surface area contributed by atoms with Gasteiger partial charge in [0.25, 0.3) is 0 Å². The Hall–Kier alpha value is -1.77. The fourth-order valence-corrected chi connectivity index (χ4v) is 2.51. The minimum atomic E-state index is 0.481. The SMILES string of the molecule is CCCCCCC(C)Nc1ccnc2cc(N)ccc12. The molecule has 20 heavy (non-hydrogen) atoms. The lowest BCUT2D eigenvalue weighted by Gasteiger charge is -2.16. The minimum Gasteiger partial charge on any atom is -0.399 e. The van der Waals surface area contributed by atoms with Crippen molar-refractivity contribution in [3.63, 3.8) is 0 Å². The molecular formula is C17H25N3. The highest BCUT2D eigenvalue weighted by molar-refractivity contribution is 5.92. The van der Waals surface area contributed by atoms with Crippen molar-refractivity contribution in [2.45, 2.75) is 52.0 Å². The highest BCUT2D eigenvalue weighted by atomic mass is 14.9. The fraction of sp³-hybridized carbons (Fsp3) is 0.471. The van der Waals surface area contributed by atoms with E-state index in [0.29, 0.717) is 6.04 Å². The number of hydrogen-bond donors (Lipinski definition) is 2. The fourth-order valence-electron chi connectivity index (χ4n) is 2.51. The molecule has 0 aliphatic rings. The number of anilines is 2. The molecule has 0 spiro atoms. The summed E-state index contributed by atoms with van der Waals surface area (Å²) in [6.07, 6.45) is 8.29. The van der Waals surface area contributed by atoms with Crippen LogP contribution in [0.1, 0.15) is 46.0 Å². The zero-order chi connectivity index (χ0) is 14.4. The maximum atomic E-state index is 5.81. The van der Waals surface area contributed by atoms with Gasteiger partial charge in [-0.05, 0) is 37.6 Å². The van der Waals surface area contributed by atoms with Gasteiger partial charge in [0, 0.05) is 29.0 Å². The lowest BCUT2D eigenvalue weighted by atomic mass is 10.1. The summed E-state index contributed by atoms with van der Waals surface area (Å²) in [6.45, 7) is 4.49. The van der Waals surface area contributed by atoms with E-state index in [-0.39, 0.29) is 0 Å². The predicted octanol–water partition coefficient (Wildman–Crippen LogP) is 4.59. The summed E-state index contributed by atoms with van der Waals surface area (Å²) in [7, 11) is 0. The molecule has 0 bridgehead atoms. The number of nitrogens with one attached hydrogen (secondary N) is 1. The van der Waals surface area contributed by atoms with Crippen molar-refractivity contribution in [2.24, 2.45) is 0 Å². The van der Waals surface area contributed by atoms with E-state index in [9.17, 15) is 0 Å². The highest BCUT2D eigenvalue weighted by Gasteiger charge is 2.06. The van der Waals surface area contributed by atoms with Gasteiger partial charge in [0.2, 0.25) is 0 Å². The van der Waals surface area contributed by atoms with Crippen molar-refractivity contribution in [3.8, 4) is 0 Å². The number of nitrogens with two attached hydrogens (primary N) is 1. The molecule has 1 unspecified atom stereocenters. The summed E-state index contributed by atoms with van der Waals surface area (Å²) in [5, 5.41) is 4.74. The number of pyridine rings is 1. The van der Waals surface area contributed by atoms with Crippen LogP contribution < -0.4 is 11.1 Å². The number of nitrogen functional groups attached to an aromatic ring is 1. The highest BCUT2D eigenvalue weighted by Crippen LogP contribution is 2.24. The van der Waals surface area contributed by atoms with Gasteiger partial charge in [-0.1, -0.05) is 32.6 Å². The van der Waals surface area contributed by atoms with Crippen molar-refractivity contribution in [1.82, 2.24) is 4.98 Å². The molecule has 0 fully saturated rings. The van der Waals surface area contributed by atoms with E-state index in [0.717, 1.165) is 22.3 Å². The second kappa shape index (κ2) is 7.13.